The van der Waals surface area contributed by atoms with E-state index in [1.54, 1.807) is 12.1 Å². The number of fused-ring (bicyclic) bond motifs is 1. The number of aryl methyl sites for hydroxylation is 1. The van der Waals surface area contributed by atoms with E-state index in [1.165, 1.54) is 30.4 Å². The van der Waals surface area contributed by atoms with E-state index < -0.39 is 0 Å². The van der Waals surface area contributed by atoms with Crippen LogP contribution < -0.4 is 0 Å². The number of benzene rings is 1. The third-order valence-corrected chi connectivity index (χ3v) is 3.32. The van der Waals surface area contributed by atoms with Gasteiger partial charge in [0.15, 0.2) is 11.5 Å². The number of phenols is 2. The summed E-state index contributed by atoms with van der Waals surface area (Å²) in [6.45, 7) is 2.21. The standard InChI is InChI=1S/C13H18O2/c1-2-3-9-4-5-10-7-12(14)13(15)8-11(10)6-9/h7-9,14-15H,2-6H2,1H3. The molecule has 1 aromatic carbocycles. The zero-order valence-corrected chi connectivity index (χ0v) is 9.16. The van der Waals surface area contributed by atoms with Gasteiger partial charge in [0, 0.05) is 0 Å². The zero-order chi connectivity index (χ0) is 10.8. The number of rotatable bonds is 2. The van der Waals surface area contributed by atoms with Crippen LogP contribution in [0.15, 0.2) is 12.1 Å². The van der Waals surface area contributed by atoms with Crippen LogP contribution in [0.3, 0.4) is 0 Å². The third kappa shape index (κ3) is 2.09. The first-order chi connectivity index (χ1) is 7.20. The molecule has 1 unspecified atom stereocenters. The van der Waals surface area contributed by atoms with Crippen LogP contribution in [0.2, 0.25) is 0 Å². The zero-order valence-electron chi connectivity index (χ0n) is 9.16. The van der Waals surface area contributed by atoms with Gasteiger partial charge in [-0.05, 0) is 48.4 Å². The molecule has 2 N–H and O–H groups in total. The topological polar surface area (TPSA) is 40.5 Å². The van der Waals surface area contributed by atoms with Crippen LogP contribution in [0.25, 0.3) is 0 Å². The van der Waals surface area contributed by atoms with Crippen molar-refractivity contribution in [1.29, 1.82) is 0 Å². The van der Waals surface area contributed by atoms with Gasteiger partial charge in [-0.25, -0.2) is 0 Å². The maximum Gasteiger partial charge on any atom is 0.157 e. The minimum atomic E-state index is 0.0164. The highest BCUT2D eigenvalue weighted by molar-refractivity contribution is 5.46. The second-order valence-electron chi connectivity index (χ2n) is 4.51. The molecule has 0 spiro atoms. The fourth-order valence-corrected chi connectivity index (χ4v) is 2.51. The van der Waals surface area contributed by atoms with Gasteiger partial charge < -0.3 is 10.2 Å². The van der Waals surface area contributed by atoms with Crippen LogP contribution in [0.1, 0.15) is 37.3 Å². The summed E-state index contributed by atoms with van der Waals surface area (Å²) in [6, 6.07) is 3.44. The van der Waals surface area contributed by atoms with Crippen LogP contribution >= 0.6 is 0 Å². The Morgan fingerprint density at radius 3 is 2.53 bits per heavy atom. The Morgan fingerprint density at radius 1 is 1.20 bits per heavy atom. The highest BCUT2D eigenvalue weighted by Gasteiger charge is 2.19. The van der Waals surface area contributed by atoms with Crippen molar-refractivity contribution < 1.29 is 10.2 Å². The lowest BCUT2D eigenvalue weighted by atomic mass is 9.81. The predicted octanol–water partition coefficient (Wildman–Crippen LogP) is 3.00. The molecule has 1 aliphatic rings. The van der Waals surface area contributed by atoms with Gasteiger partial charge in [-0.3, -0.25) is 0 Å². The molecule has 2 nitrogen and oxygen atoms in total. The molecule has 0 aromatic heterocycles. The van der Waals surface area contributed by atoms with Crippen molar-refractivity contribution in [2.24, 2.45) is 5.92 Å². The van der Waals surface area contributed by atoms with E-state index >= 15 is 0 Å². The lowest BCUT2D eigenvalue weighted by Gasteiger charge is -2.24. The second kappa shape index (κ2) is 4.13. The molecular weight excluding hydrogens is 188 g/mol. The lowest BCUT2D eigenvalue weighted by Crippen LogP contribution is -2.13. The Labute approximate surface area is 90.6 Å². The molecule has 0 amide bonds. The van der Waals surface area contributed by atoms with Crippen LogP contribution in [0.4, 0.5) is 0 Å². The van der Waals surface area contributed by atoms with Gasteiger partial charge in [-0.1, -0.05) is 19.8 Å². The molecule has 0 saturated carbocycles. The van der Waals surface area contributed by atoms with Gasteiger partial charge >= 0.3 is 0 Å². The normalized spacial score (nSPS) is 19.9. The number of hydrogen-bond acceptors (Lipinski definition) is 2. The Kier molecular flexibility index (Phi) is 2.85. The molecule has 1 atom stereocenters. The van der Waals surface area contributed by atoms with Crippen molar-refractivity contribution in [3.8, 4) is 11.5 Å². The van der Waals surface area contributed by atoms with E-state index in [0.717, 1.165) is 18.8 Å². The maximum absolute atomic E-state index is 9.44. The van der Waals surface area contributed by atoms with E-state index in [4.69, 9.17) is 0 Å². The fourth-order valence-electron chi connectivity index (χ4n) is 2.51. The molecule has 82 valence electrons. The smallest absolute Gasteiger partial charge is 0.157 e. The summed E-state index contributed by atoms with van der Waals surface area (Å²) in [5, 5.41) is 18.8. The summed E-state index contributed by atoms with van der Waals surface area (Å²) in [7, 11) is 0. The van der Waals surface area contributed by atoms with Crippen molar-refractivity contribution in [1.82, 2.24) is 0 Å². The molecule has 0 saturated heterocycles. The molecule has 1 aromatic rings. The monoisotopic (exact) mass is 206 g/mol. The first kappa shape index (κ1) is 10.3. The molecule has 0 fully saturated rings. The molecule has 15 heavy (non-hydrogen) atoms. The average Bonchev–Trinajstić information content (AvgIpc) is 2.21. The van der Waals surface area contributed by atoms with Crippen molar-refractivity contribution in [3.05, 3.63) is 23.3 Å². The quantitative estimate of drug-likeness (QED) is 0.730. The Morgan fingerprint density at radius 2 is 1.87 bits per heavy atom. The summed E-state index contributed by atoms with van der Waals surface area (Å²) in [5.74, 6) is 0.792. The van der Waals surface area contributed by atoms with Crippen LogP contribution in [0.5, 0.6) is 11.5 Å². The minimum absolute atomic E-state index is 0.0164. The molecule has 0 aliphatic heterocycles. The van der Waals surface area contributed by atoms with Crippen LogP contribution in [-0.2, 0) is 12.8 Å². The highest BCUT2D eigenvalue weighted by Crippen LogP contribution is 2.35. The van der Waals surface area contributed by atoms with E-state index in [0.29, 0.717) is 0 Å². The summed E-state index contributed by atoms with van der Waals surface area (Å²) in [6.07, 6.45) is 5.79. The van der Waals surface area contributed by atoms with Crippen molar-refractivity contribution in [3.63, 3.8) is 0 Å². The lowest BCUT2D eigenvalue weighted by molar-refractivity contribution is 0.392. The average molecular weight is 206 g/mol. The van der Waals surface area contributed by atoms with Crippen LogP contribution in [-0.4, -0.2) is 10.2 Å². The SMILES string of the molecule is CCCC1CCc2cc(O)c(O)cc2C1. The number of aromatic hydroxyl groups is 2. The summed E-state index contributed by atoms with van der Waals surface area (Å²) >= 11 is 0. The molecule has 2 heteroatoms. The van der Waals surface area contributed by atoms with Gasteiger partial charge in [0.2, 0.25) is 0 Å². The van der Waals surface area contributed by atoms with Gasteiger partial charge in [0.25, 0.3) is 0 Å². The Hall–Kier alpha value is -1.18. The molecule has 1 aliphatic carbocycles. The minimum Gasteiger partial charge on any atom is -0.504 e. The van der Waals surface area contributed by atoms with E-state index in [2.05, 4.69) is 6.92 Å². The van der Waals surface area contributed by atoms with Crippen molar-refractivity contribution in [2.45, 2.75) is 39.0 Å². The Bertz CT molecular complexity index is 358. The van der Waals surface area contributed by atoms with Gasteiger partial charge in [-0.2, -0.15) is 0 Å². The van der Waals surface area contributed by atoms with Gasteiger partial charge in [0.1, 0.15) is 0 Å². The number of phenolic OH excluding ortho intramolecular Hbond substituents is 2. The van der Waals surface area contributed by atoms with E-state index in [-0.39, 0.29) is 11.5 Å². The fraction of sp³-hybridized carbons (Fsp3) is 0.538. The molecule has 0 heterocycles. The summed E-state index contributed by atoms with van der Waals surface area (Å²) in [5.41, 5.74) is 2.42. The second-order valence-corrected chi connectivity index (χ2v) is 4.51. The molecule has 0 radical (unpaired) electrons. The predicted molar refractivity (Wildman–Crippen MR) is 60.2 cm³/mol. The Balaban J connectivity index is 2.22. The first-order valence-electron chi connectivity index (χ1n) is 5.74. The van der Waals surface area contributed by atoms with Crippen LogP contribution in [0, 0.1) is 5.92 Å². The van der Waals surface area contributed by atoms with Crippen molar-refractivity contribution >= 4 is 0 Å². The van der Waals surface area contributed by atoms with E-state index in [9.17, 15) is 10.2 Å². The third-order valence-electron chi connectivity index (χ3n) is 3.32. The maximum atomic E-state index is 9.44. The molecule has 0 bridgehead atoms. The number of hydrogen-bond donors (Lipinski definition) is 2. The molecular formula is C13H18O2. The highest BCUT2D eigenvalue weighted by atomic mass is 16.3. The van der Waals surface area contributed by atoms with E-state index in [1.807, 2.05) is 0 Å². The van der Waals surface area contributed by atoms with Crippen molar-refractivity contribution in [2.75, 3.05) is 0 Å². The first-order valence-corrected chi connectivity index (χ1v) is 5.74. The van der Waals surface area contributed by atoms with Gasteiger partial charge in [0.05, 0.1) is 0 Å². The summed E-state index contributed by atoms with van der Waals surface area (Å²) < 4.78 is 0. The summed E-state index contributed by atoms with van der Waals surface area (Å²) in [4.78, 5) is 0. The van der Waals surface area contributed by atoms with Gasteiger partial charge in [-0.15, -0.1) is 0 Å². The molecule has 2 rings (SSSR count). The largest absolute Gasteiger partial charge is 0.504 e.